The Balaban J connectivity index is 1.72. The van der Waals surface area contributed by atoms with E-state index in [1.54, 1.807) is 39.5 Å². The Morgan fingerprint density at radius 2 is 1.79 bits per heavy atom. The number of rotatable bonds is 14. The van der Waals surface area contributed by atoms with Crippen molar-refractivity contribution in [1.29, 1.82) is 0 Å². The summed E-state index contributed by atoms with van der Waals surface area (Å²) in [6, 6.07) is 3.57. The zero-order valence-corrected chi connectivity index (χ0v) is 26.6. The van der Waals surface area contributed by atoms with Crippen LogP contribution in [0.5, 0.6) is 17.2 Å². The number of allylic oxidation sites excluding steroid dienone is 1. The lowest BCUT2D eigenvalue weighted by atomic mass is 9.80. The van der Waals surface area contributed by atoms with Gasteiger partial charge in [-0.15, -0.1) is 0 Å². The van der Waals surface area contributed by atoms with E-state index in [0.29, 0.717) is 55.7 Å². The van der Waals surface area contributed by atoms with Crippen molar-refractivity contribution in [3.05, 3.63) is 35.4 Å². The van der Waals surface area contributed by atoms with Crippen molar-refractivity contribution in [2.75, 3.05) is 47.8 Å². The van der Waals surface area contributed by atoms with Crippen LogP contribution in [0.2, 0.25) is 0 Å². The maximum Gasteiger partial charge on any atom is 0.331 e. The van der Waals surface area contributed by atoms with E-state index in [1.165, 1.54) is 11.6 Å². The van der Waals surface area contributed by atoms with Crippen LogP contribution in [-0.4, -0.2) is 83.7 Å². The molecule has 0 aromatic heterocycles. The Kier molecular flexibility index (Phi) is 13.2. The molecule has 5 atom stereocenters. The molecule has 9 heteroatoms. The van der Waals surface area contributed by atoms with Crippen molar-refractivity contribution in [3.63, 3.8) is 0 Å². The van der Waals surface area contributed by atoms with Gasteiger partial charge < -0.3 is 37.9 Å². The van der Waals surface area contributed by atoms with Gasteiger partial charge in [-0.05, 0) is 84.1 Å². The van der Waals surface area contributed by atoms with Crippen LogP contribution in [0, 0.1) is 5.92 Å². The summed E-state index contributed by atoms with van der Waals surface area (Å²) in [5, 5.41) is 0. The van der Waals surface area contributed by atoms with Crippen molar-refractivity contribution >= 4 is 12.0 Å². The predicted octanol–water partition coefficient (Wildman–Crippen LogP) is 5.78. The molecule has 0 bridgehead atoms. The molecular weight excluding hydrogens is 540 g/mol. The molecule has 3 unspecified atom stereocenters. The Morgan fingerprint density at radius 3 is 2.40 bits per heavy atom. The highest BCUT2D eigenvalue weighted by Gasteiger charge is 2.59. The highest BCUT2D eigenvalue weighted by molar-refractivity contribution is 5.87. The zero-order valence-electron chi connectivity index (χ0n) is 26.6. The molecule has 42 heavy (non-hydrogen) atoms. The molecule has 1 aromatic carbocycles. The number of epoxide rings is 1. The number of esters is 1. The van der Waals surface area contributed by atoms with Gasteiger partial charge in [-0.25, -0.2) is 4.79 Å². The van der Waals surface area contributed by atoms with E-state index in [9.17, 15) is 4.79 Å². The first-order chi connectivity index (χ1) is 20.1. The summed E-state index contributed by atoms with van der Waals surface area (Å²) in [7, 11) is 4.80. The van der Waals surface area contributed by atoms with E-state index in [1.807, 2.05) is 13.8 Å². The maximum atomic E-state index is 13.1. The van der Waals surface area contributed by atoms with E-state index in [4.69, 9.17) is 37.9 Å². The minimum atomic E-state index is -0.451. The SMILES string of the molecule is COc1cc(/C=C/C(=O)OC2CCCOCC[C@@H](C3(C)OC3CC=C(C)C)[C@@H]2OC)cc(OC)c1OCCOC(C)C. The molecule has 2 aliphatic heterocycles. The normalized spacial score (nSPS) is 26.2. The molecule has 2 fully saturated rings. The summed E-state index contributed by atoms with van der Waals surface area (Å²) in [6.07, 6.45) is 7.79. The molecule has 0 spiro atoms. The Labute approximate surface area is 251 Å². The lowest BCUT2D eigenvalue weighted by molar-refractivity contribution is -0.155. The topological polar surface area (TPSA) is 94.2 Å². The van der Waals surface area contributed by atoms with Crippen LogP contribution in [0.4, 0.5) is 0 Å². The number of methoxy groups -OCH3 is 3. The molecule has 2 saturated heterocycles. The van der Waals surface area contributed by atoms with Crippen LogP contribution in [0.3, 0.4) is 0 Å². The van der Waals surface area contributed by atoms with Crippen molar-refractivity contribution in [2.45, 2.75) is 90.3 Å². The lowest BCUT2D eigenvalue weighted by Gasteiger charge is -2.34. The smallest absolute Gasteiger partial charge is 0.331 e. The minimum Gasteiger partial charge on any atom is -0.493 e. The van der Waals surface area contributed by atoms with Crippen LogP contribution in [0.15, 0.2) is 29.9 Å². The van der Waals surface area contributed by atoms with Gasteiger partial charge in [-0.1, -0.05) is 11.6 Å². The fraction of sp³-hybridized carbons (Fsp3) is 0.667. The third kappa shape index (κ3) is 9.46. The molecule has 3 rings (SSSR count). The number of hydrogen-bond donors (Lipinski definition) is 0. The van der Waals surface area contributed by atoms with Crippen LogP contribution >= 0.6 is 0 Å². The summed E-state index contributed by atoms with van der Waals surface area (Å²) >= 11 is 0. The second kappa shape index (κ2) is 16.3. The largest absolute Gasteiger partial charge is 0.493 e. The van der Waals surface area contributed by atoms with Crippen LogP contribution in [0.1, 0.15) is 65.9 Å². The van der Waals surface area contributed by atoms with Crippen LogP contribution in [-0.2, 0) is 28.5 Å². The predicted molar refractivity (Wildman–Crippen MR) is 161 cm³/mol. The fourth-order valence-corrected chi connectivity index (χ4v) is 5.48. The molecular formula is C33H50O9. The van der Waals surface area contributed by atoms with E-state index >= 15 is 0 Å². The van der Waals surface area contributed by atoms with Gasteiger partial charge in [0.25, 0.3) is 0 Å². The monoisotopic (exact) mass is 590 g/mol. The minimum absolute atomic E-state index is 0.0185. The number of ether oxygens (including phenoxy) is 8. The van der Waals surface area contributed by atoms with Crippen LogP contribution < -0.4 is 14.2 Å². The molecule has 1 aromatic rings. The molecule has 0 saturated carbocycles. The van der Waals surface area contributed by atoms with Gasteiger partial charge >= 0.3 is 5.97 Å². The second-order valence-corrected chi connectivity index (χ2v) is 11.5. The van der Waals surface area contributed by atoms with E-state index in [2.05, 4.69) is 26.8 Å². The summed E-state index contributed by atoms with van der Waals surface area (Å²) in [5.41, 5.74) is 1.61. The Hall–Kier alpha value is -2.59. The maximum absolute atomic E-state index is 13.1. The molecule has 0 N–H and O–H groups in total. The third-order valence-electron chi connectivity index (χ3n) is 7.78. The van der Waals surface area contributed by atoms with Gasteiger partial charge in [0.15, 0.2) is 11.5 Å². The van der Waals surface area contributed by atoms with E-state index in [-0.39, 0.29) is 29.8 Å². The van der Waals surface area contributed by atoms with Crippen molar-refractivity contribution in [3.8, 4) is 17.2 Å². The first kappa shape index (κ1) is 33.9. The fourth-order valence-electron chi connectivity index (χ4n) is 5.48. The van der Waals surface area contributed by atoms with Crippen molar-refractivity contribution < 1.29 is 42.7 Å². The number of benzene rings is 1. The summed E-state index contributed by atoms with van der Waals surface area (Å²) < 4.78 is 46.7. The zero-order chi connectivity index (χ0) is 30.7. The molecule has 2 heterocycles. The van der Waals surface area contributed by atoms with E-state index in [0.717, 1.165) is 19.3 Å². The van der Waals surface area contributed by atoms with Gasteiger partial charge in [0.1, 0.15) is 12.7 Å². The number of carbonyl (C=O) groups is 1. The Morgan fingerprint density at radius 1 is 1.07 bits per heavy atom. The average molecular weight is 591 g/mol. The van der Waals surface area contributed by atoms with Gasteiger partial charge in [-0.3, -0.25) is 0 Å². The van der Waals surface area contributed by atoms with Crippen molar-refractivity contribution in [1.82, 2.24) is 0 Å². The van der Waals surface area contributed by atoms with Crippen molar-refractivity contribution in [2.24, 2.45) is 5.92 Å². The summed E-state index contributed by atoms with van der Waals surface area (Å²) in [5.74, 6) is 1.03. The first-order valence-electron chi connectivity index (χ1n) is 14.9. The number of carbonyl (C=O) groups excluding carboxylic acids is 1. The highest BCUT2D eigenvalue weighted by atomic mass is 16.6. The standard InChI is InChI=1S/C33H50O9/c1-22(2)11-13-29-33(5,42-29)25-15-17-38-16-9-10-26(31(25)37-8)41-30(34)14-12-24-20-27(35-6)32(28(21-24)36-7)40-19-18-39-23(3)4/h11-12,14,20-21,23,25-26,29,31H,9-10,13,15-19H2,1-8H3/b14-12+/t25-,26?,29?,31+,33?/m1/s1. The molecule has 2 aliphatic rings. The Bertz CT molecular complexity index is 1040. The highest BCUT2D eigenvalue weighted by Crippen LogP contribution is 2.49. The molecule has 0 amide bonds. The second-order valence-electron chi connectivity index (χ2n) is 11.5. The average Bonchev–Trinajstić information content (AvgIpc) is 3.61. The molecule has 9 nitrogen and oxygen atoms in total. The lowest BCUT2D eigenvalue weighted by Crippen LogP contribution is -2.45. The number of hydrogen-bond acceptors (Lipinski definition) is 9. The molecule has 236 valence electrons. The molecule has 0 radical (unpaired) electrons. The van der Waals surface area contributed by atoms with Gasteiger partial charge in [0, 0.05) is 32.3 Å². The molecule has 0 aliphatic carbocycles. The van der Waals surface area contributed by atoms with Crippen LogP contribution in [0.25, 0.3) is 6.08 Å². The van der Waals surface area contributed by atoms with E-state index < -0.39 is 12.1 Å². The van der Waals surface area contributed by atoms with Gasteiger partial charge in [-0.2, -0.15) is 0 Å². The quantitative estimate of drug-likeness (QED) is 0.0879. The summed E-state index contributed by atoms with van der Waals surface area (Å²) in [4.78, 5) is 13.1. The first-order valence-corrected chi connectivity index (χ1v) is 14.9. The summed E-state index contributed by atoms with van der Waals surface area (Å²) in [6.45, 7) is 12.3. The van der Waals surface area contributed by atoms with Gasteiger partial charge in [0.05, 0.1) is 44.7 Å². The third-order valence-corrected chi connectivity index (χ3v) is 7.78. The van der Waals surface area contributed by atoms with Gasteiger partial charge in [0.2, 0.25) is 5.75 Å².